The van der Waals surface area contributed by atoms with Gasteiger partial charge in [-0.2, -0.15) is 0 Å². The van der Waals surface area contributed by atoms with Gasteiger partial charge in [-0.05, 0) is 37.2 Å². The first-order valence-electron chi connectivity index (χ1n) is 5.59. The van der Waals surface area contributed by atoms with Gasteiger partial charge in [0.05, 0.1) is 0 Å². The molecule has 0 amide bonds. The summed E-state index contributed by atoms with van der Waals surface area (Å²) in [5.74, 6) is 0.661. The van der Waals surface area contributed by atoms with Crippen molar-refractivity contribution in [3.8, 4) is 0 Å². The molecular formula is C12H21NO. The summed E-state index contributed by atoms with van der Waals surface area (Å²) >= 11 is 0. The third-order valence-corrected chi connectivity index (χ3v) is 2.93. The predicted octanol–water partition coefficient (Wildman–Crippen LogP) is 2.43. The molecule has 2 N–H and O–H groups in total. The first kappa shape index (κ1) is 11.4. The third-order valence-electron chi connectivity index (χ3n) is 2.93. The van der Waals surface area contributed by atoms with Gasteiger partial charge in [0.1, 0.15) is 0 Å². The fourth-order valence-corrected chi connectivity index (χ4v) is 1.67. The fraction of sp³-hybridized carbons (Fsp3) is 0.750. The number of hydrogen-bond acceptors (Lipinski definition) is 2. The predicted molar refractivity (Wildman–Crippen MR) is 59.0 cm³/mol. The molecule has 14 heavy (non-hydrogen) atoms. The fourth-order valence-electron chi connectivity index (χ4n) is 1.67. The Morgan fingerprint density at radius 2 is 2.21 bits per heavy atom. The zero-order valence-corrected chi connectivity index (χ0v) is 9.25. The summed E-state index contributed by atoms with van der Waals surface area (Å²) in [5, 5.41) is 0. The molecule has 80 valence electrons. The third kappa shape index (κ3) is 3.26. The lowest BCUT2D eigenvalue weighted by atomic mass is 9.91. The van der Waals surface area contributed by atoms with Crippen molar-refractivity contribution in [2.75, 3.05) is 0 Å². The van der Waals surface area contributed by atoms with Crippen LogP contribution in [0.2, 0.25) is 0 Å². The average Bonchev–Trinajstić information content (AvgIpc) is 2.19. The molecule has 1 atom stereocenters. The van der Waals surface area contributed by atoms with Crippen molar-refractivity contribution in [2.45, 2.75) is 52.0 Å². The average molecular weight is 195 g/mol. The van der Waals surface area contributed by atoms with Crippen LogP contribution in [0.5, 0.6) is 0 Å². The Bertz CT molecular complexity index is 230. The Morgan fingerprint density at radius 1 is 1.50 bits per heavy atom. The van der Waals surface area contributed by atoms with Crippen LogP contribution < -0.4 is 5.73 Å². The monoisotopic (exact) mass is 195 g/mol. The second-order valence-electron chi connectivity index (χ2n) is 4.51. The maximum absolute atomic E-state index is 11.8. The minimum atomic E-state index is 0.0188. The molecule has 0 saturated heterocycles. The van der Waals surface area contributed by atoms with Crippen LogP contribution in [0.3, 0.4) is 0 Å². The summed E-state index contributed by atoms with van der Waals surface area (Å²) < 4.78 is 0. The molecule has 1 unspecified atom stereocenters. The number of ketones is 1. The number of allylic oxidation sites excluding steroid dienone is 2. The quantitative estimate of drug-likeness (QED) is 0.748. The lowest BCUT2D eigenvalue weighted by Gasteiger charge is -2.17. The number of hydrogen-bond donors (Lipinski definition) is 1. The van der Waals surface area contributed by atoms with Crippen LogP contribution in [0.4, 0.5) is 0 Å². The Hall–Kier alpha value is -0.630. The number of rotatable bonds is 4. The summed E-state index contributed by atoms with van der Waals surface area (Å²) in [6.07, 6.45) is 7.03. The lowest BCUT2D eigenvalue weighted by Crippen LogP contribution is -2.29. The number of carbonyl (C=O) groups excluding carboxylic acids is 1. The highest BCUT2D eigenvalue weighted by Crippen LogP contribution is 2.20. The highest BCUT2D eigenvalue weighted by atomic mass is 16.1. The van der Waals surface area contributed by atoms with Gasteiger partial charge in [0.2, 0.25) is 0 Å². The van der Waals surface area contributed by atoms with Crippen molar-refractivity contribution in [3.63, 3.8) is 0 Å². The largest absolute Gasteiger partial charge is 0.327 e. The van der Waals surface area contributed by atoms with Gasteiger partial charge in [-0.3, -0.25) is 4.79 Å². The smallest absolute Gasteiger partial charge is 0.160 e. The Kier molecular flexibility index (Phi) is 4.33. The van der Waals surface area contributed by atoms with E-state index in [4.69, 9.17) is 5.73 Å². The molecule has 2 heteroatoms. The van der Waals surface area contributed by atoms with E-state index >= 15 is 0 Å². The van der Waals surface area contributed by atoms with Gasteiger partial charge in [0.15, 0.2) is 5.78 Å². The van der Waals surface area contributed by atoms with E-state index in [2.05, 4.69) is 19.9 Å². The summed E-state index contributed by atoms with van der Waals surface area (Å²) in [6, 6.07) is 0.0188. The molecule has 2 nitrogen and oxygen atoms in total. The molecule has 0 aromatic carbocycles. The van der Waals surface area contributed by atoms with E-state index in [0.29, 0.717) is 12.3 Å². The molecule has 1 aliphatic carbocycles. The van der Waals surface area contributed by atoms with Gasteiger partial charge in [0, 0.05) is 12.5 Å². The second-order valence-corrected chi connectivity index (χ2v) is 4.51. The van der Waals surface area contributed by atoms with Crippen molar-refractivity contribution in [1.82, 2.24) is 0 Å². The maximum Gasteiger partial charge on any atom is 0.160 e. The van der Waals surface area contributed by atoms with Crippen LogP contribution in [-0.4, -0.2) is 11.8 Å². The molecule has 1 aliphatic rings. The molecule has 0 aromatic rings. The van der Waals surface area contributed by atoms with E-state index < -0.39 is 0 Å². The first-order valence-corrected chi connectivity index (χ1v) is 5.59. The summed E-state index contributed by atoms with van der Waals surface area (Å²) in [5.41, 5.74) is 6.90. The molecule has 0 heterocycles. The minimum Gasteiger partial charge on any atom is -0.327 e. The van der Waals surface area contributed by atoms with Crippen LogP contribution in [0.1, 0.15) is 46.0 Å². The van der Waals surface area contributed by atoms with Crippen LogP contribution in [0, 0.1) is 5.92 Å². The summed E-state index contributed by atoms with van der Waals surface area (Å²) in [6.45, 7) is 4.13. The molecule has 1 rings (SSSR count). The zero-order chi connectivity index (χ0) is 10.6. The highest BCUT2D eigenvalue weighted by Gasteiger charge is 2.17. The molecule has 0 fully saturated rings. The van der Waals surface area contributed by atoms with Crippen molar-refractivity contribution < 1.29 is 4.79 Å². The number of Topliss-reactive ketones (excluding diaryl/α,β-unsaturated/α-hetero) is 1. The van der Waals surface area contributed by atoms with E-state index in [0.717, 1.165) is 24.8 Å². The molecule has 0 spiro atoms. The molecule has 0 radical (unpaired) electrons. The SMILES string of the molecule is CC(C)C(N)CC(=O)C1=CCCCC1. The summed E-state index contributed by atoms with van der Waals surface area (Å²) in [4.78, 5) is 11.8. The second kappa shape index (κ2) is 5.30. The molecule has 0 bridgehead atoms. The van der Waals surface area contributed by atoms with E-state index in [1.54, 1.807) is 0 Å². The van der Waals surface area contributed by atoms with E-state index in [1.807, 2.05) is 0 Å². The van der Waals surface area contributed by atoms with Crippen molar-refractivity contribution in [3.05, 3.63) is 11.6 Å². The van der Waals surface area contributed by atoms with Gasteiger partial charge < -0.3 is 5.73 Å². The Morgan fingerprint density at radius 3 is 2.71 bits per heavy atom. The van der Waals surface area contributed by atoms with Gasteiger partial charge in [0.25, 0.3) is 0 Å². The topological polar surface area (TPSA) is 43.1 Å². The van der Waals surface area contributed by atoms with Crippen LogP contribution in [0.15, 0.2) is 11.6 Å². The van der Waals surface area contributed by atoms with Gasteiger partial charge in [-0.1, -0.05) is 19.9 Å². The van der Waals surface area contributed by atoms with Gasteiger partial charge in [-0.15, -0.1) is 0 Å². The number of nitrogens with two attached hydrogens (primary N) is 1. The van der Waals surface area contributed by atoms with Crippen LogP contribution in [-0.2, 0) is 4.79 Å². The number of carbonyl (C=O) groups is 1. The van der Waals surface area contributed by atoms with Crippen molar-refractivity contribution in [1.29, 1.82) is 0 Å². The molecule has 0 aliphatic heterocycles. The van der Waals surface area contributed by atoms with Crippen molar-refractivity contribution >= 4 is 5.78 Å². The molecule has 0 aromatic heterocycles. The lowest BCUT2D eigenvalue weighted by molar-refractivity contribution is -0.116. The Balaban J connectivity index is 2.45. The Labute approximate surface area is 86.6 Å². The van der Waals surface area contributed by atoms with E-state index in [9.17, 15) is 4.79 Å². The minimum absolute atomic E-state index is 0.0188. The van der Waals surface area contributed by atoms with Crippen LogP contribution >= 0.6 is 0 Å². The van der Waals surface area contributed by atoms with Gasteiger partial charge in [-0.25, -0.2) is 0 Å². The standard InChI is InChI=1S/C12H21NO/c1-9(2)11(13)8-12(14)10-6-4-3-5-7-10/h6,9,11H,3-5,7-8,13H2,1-2H3. The van der Waals surface area contributed by atoms with E-state index in [1.165, 1.54) is 6.42 Å². The van der Waals surface area contributed by atoms with Gasteiger partial charge >= 0.3 is 0 Å². The highest BCUT2D eigenvalue weighted by molar-refractivity contribution is 5.95. The van der Waals surface area contributed by atoms with Crippen LogP contribution in [0.25, 0.3) is 0 Å². The molecular weight excluding hydrogens is 174 g/mol. The van der Waals surface area contributed by atoms with E-state index in [-0.39, 0.29) is 11.8 Å². The normalized spacial score (nSPS) is 19.3. The van der Waals surface area contributed by atoms with Crippen molar-refractivity contribution in [2.24, 2.45) is 11.7 Å². The zero-order valence-electron chi connectivity index (χ0n) is 9.25. The molecule has 0 saturated carbocycles. The maximum atomic E-state index is 11.8. The summed E-state index contributed by atoms with van der Waals surface area (Å²) in [7, 11) is 0. The first-order chi connectivity index (χ1) is 6.61.